The fraction of sp³-hybridized carbons (Fsp3) is 0.706. The molecule has 6 heteroatoms. The number of amides is 2. The molecule has 1 aliphatic heterocycles. The average molecular weight is 321 g/mol. The number of piperidine rings is 1. The molecule has 2 fully saturated rings. The van der Waals surface area contributed by atoms with Crippen LogP contribution in [0.5, 0.6) is 0 Å². The zero-order chi connectivity index (χ0) is 16.1. The van der Waals surface area contributed by atoms with Crippen LogP contribution in [0.1, 0.15) is 50.3 Å². The van der Waals surface area contributed by atoms with Gasteiger partial charge in [-0.3, -0.25) is 4.90 Å². The molecule has 1 saturated carbocycles. The Morgan fingerprint density at radius 1 is 1.26 bits per heavy atom. The largest absolute Gasteiger partial charge is 0.468 e. The van der Waals surface area contributed by atoms with Crippen molar-refractivity contribution in [2.75, 3.05) is 26.2 Å². The van der Waals surface area contributed by atoms with Gasteiger partial charge in [-0.2, -0.15) is 0 Å². The van der Waals surface area contributed by atoms with Crippen LogP contribution in [0.2, 0.25) is 0 Å². The van der Waals surface area contributed by atoms with E-state index >= 15 is 0 Å². The minimum Gasteiger partial charge on any atom is -0.468 e. The van der Waals surface area contributed by atoms with E-state index in [0.29, 0.717) is 13.1 Å². The first kappa shape index (κ1) is 16.3. The highest BCUT2D eigenvalue weighted by Gasteiger charge is 2.34. The first-order valence-electron chi connectivity index (χ1n) is 8.68. The highest BCUT2D eigenvalue weighted by molar-refractivity contribution is 5.74. The average Bonchev–Trinajstić information content (AvgIpc) is 3.06. The van der Waals surface area contributed by atoms with Crippen LogP contribution in [0, 0.1) is 0 Å². The van der Waals surface area contributed by atoms with Gasteiger partial charge in [0.05, 0.1) is 17.9 Å². The van der Waals surface area contributed by atoms with E-state index in [2.05, 4.69) is 15.5 Å². The highest BCUT2D eigenvalue weighted by atomic mass is 16.3. The molecule has 2 heterocycles. The molecule has 1 aliphatic carbocycles. The molecule has 1 saturated heterocycles. The molecule has 2 aliphatic rings. The van der Waals surface area contributed by atoms with Crippen LogP contribution in [-0.2, 0) is 0 Å². The maximum Gasteiger partial charge on any atom is 0.314 e. The molecule has 0 unspecified atom stereocenters. The molecule has 6 nitrogen and oxygen atoms in total. The Bertz CT molecular complexity index is 493. The van der Waals surface area contributed by atoms with Gasteiger partial charge in [-0.25, -0.2) is 4.79 Å². The summed E-state index contributed by atoms with van der Waals surface area (Å²) in [5.74, 6) is 0.893. The van der Waals surface area contributed by atoms with Crippen molar-refractivity contribution in [1.82, 2.24) is 15.5 Å². The van der Waals surface area contributed by atoms with E-state index in [1.165, 1.54) is 19.3 Å². The van der Waals surface area contributed by atoms with Crippen molar-refractivity contribution in [3.8, 4) is 0 Å². The lowest BCUT2D eigenvalue weighted by molar-refractivity contribution is -0.0290. The summed E-state index contributed by atoms with van der Waals surface area (Å²) in [4.78, 5) is 14.4. The summed E-state index contributed by atoms with van der Waals surface area (Å²) >= 11 is 0. The Hall–Kier alpha value is -1.53. The van der Waals surface area contributed by atoms with Crippen LogP contribution in [0.4, 0.5) is 4.79 Å². The van der Waals surface area contributed by atoms with Gasteiger partial charge in [0.15, 0.2) is 0 Å². The lowest BCUT2D eigenvalue weighted by Crippen LogP contribution is -2.51. The van der Waals surface area contributed by atoms with Gasteiger partial charge >= 0.3 is 6.03 Å². The van der Waals surface area contributed by atoms with Crippen molar-refractivity contribution < 1.29 is 14.3 Å². The standard InChI is InChI=1S/C17H27N3O3/c21-16(19-13-17(22)7-5-8-17)18-12-14(15-6-4-11-23-15)20-9-2-1-3-10-20/h4,6,11,14,22H,1-3,5,7-10,12-13H2,(H2,18,19,21)/t14-/m1/s1. The van der Waals surface area contributed by atoms with Gasteiger partial charge in [-0.1, -0.05) is 6.42 Å². The first-order valence-corrected chi connectivity index (χ1v) is 8.68. The lowest BCUT2D eigenvalue weighted by atomic mass is 9.80. The van der Waals surface area contributed by atoms with Crippen molar-refractivity contribution in [3.63, 3.8) is 0 Å². The summed E-state index contributed by atoms with van der Waals surface area (Å²) in [5, 5.41) is 15.7. The minimum absolute atomic E-state index is 0.0721. The molecule has 3 rings (SSSR count). The summed E-state index contributed by atoms with van der Waals surface area (Å²) in [6.45, 7) is 2.91. The zero-order valence-electron chi connectivity index (χ0n) is 13.6. The zero-order valence-corrected chi connectivity index (χ0v) is 13.6. The van der Waals surface area contributed by atoms with Crippen molar-refractivity contribution in [2.24, 2.45) is 0 Å². The van der Waals surface area contributed by atoms with E-state index in [0.717, 1.165) is 38.1 Å². The third kappa shape index (κ3) is 4.26. The summed E-state index contributed by atoms with van der Waals surface area (Å²) in [7, 11) is 0. The molecule has 0 radical (unpaired) electrons. The van der Waals surface area contributed by atoms with Crippen molar-refractivity contribution in [2.45, 2.75) is 50.2 Å². The van der Waals surface area contributed by atoms with Gasteiger partial charge in [0.1, 0.15) is 5.76 Å². The number of aliphatic hydroxyl groups is 1. The number of carbonyl (C=O) groups is 1. The summed E-state index contributed by atoms with van der Waals surface area (Å²) < 4.78 is 5.57. The third-order valence-electron chi connectivity index (χ3n) is 5.02. The molecular weight excluding hydrogens is 294 g/mol. The molecule has 1 aromatic rings. The van der Waals surface area contributed by atoms with Gasteiger partial charge in [0.2, 0.25) is 0 Å². The van der Waals surface area contributed by atoms with Crippen molar-refractivity contribution in [1.29, 1.82) is 0 Å². The number of hydrogen-bond acceptors (Lipinski definition) is 4. The number of urea groups is 1. The Morgan fingerprint density at radius 2 is 2.04 bits per heavy atom. The molecule has 23 heavy (non-hydrogen) atoms. The van der Waals surface area contributed by atoms with Crippen LogP contribution in [-0.4, -0.2) is 47.8 Å². The predicted molar refractivity (Wildman–Crippen MR) is 87.1 cm³/mol. The second kappa shape index (κ2) is 7.36. The second-order valence-electron chi connectivity index (χ2n) is 6.77. The number of hydrogen-bond donors (Lipinski definition) is 3. The van der Waals surface area contributed by atoms with Crippen LogP contribution in [0.25, 0.3) is 0 Å². The molecule has 0 aromatic carbocycles. The van der Waals surface area contributed by atoms with E-state index in [9.17, 15) is 9.90 Å². The summed E-state index contributed by atoms with van der Waals surface area (Å²) in [6.07, 6.45) is 7.92. The quantitative estimate of drug-likeness (QED) is 0.749. The SMILES string of the molecule is O=C(NC[C@H](c1ccco1)N1CCCCC1)NCC1(O)CCC1. The van der Waals surface area contributed by atoms with E-state index in [1.807, 2.05) is 12.1 Å². The molecule has 0 spiro atoms. The number of nitrogens with zero attached hydrogens (tertiary/aromatic N) is 1. The van der Waals surface area contributed by atoms with Gasteiger partial charge in [0.25, 0.3) is 0 Å². The van der Waals surface area contributed by atoms with Crippen LogP contribution >= 0.6 is 0 Å². The smallest absolute Gasteiger partial charge is 0.314 e. The van der Waals surface area contributed by atoms with Crippen molar-refractivity contribution >= 4 is 6.03 Å². The van der Waals surface area contributed by atoms with Crippen LogP contribution in [0.15, 0.2) is 22.8 Å². The predicted octanol–water partition coefficient (Wildman–Crippen LogP) is 2.02. The van der Waals surface area contributed by atoms with Gasteiger partial charge in [-0.05, 0) is 57.3 Å². The fourth-order valence-electron chi connectivity index (χ4n) is 3.38. The van der Waals surface area contributed by atoms with E-state index in [1.54, 1.807) is 6.26 Å². The fourth-order valence-corrected chi connectivity index (χ4v) is 3.38. The Balaban J connectivity index is 1.50. The number of furan rings is 1. The Labute approximate surface area is 137 Å². The molecule has 128 valence electrons. The summed E-state index contributed by atoms with van der Waals surface area (Å²) in [5.41, 5.74) is -0.690. The van der Waals surface area contributed by atoms with E-state index < -0.39 is 5.60 Å². The third-order valence-corrected chi connectivity index (χ3v) is 5.02. The minimum atomic E-state index is -0.690. The molecule has 2 amide bonds. The molecule has 1 aromatic heterocycles. The van der Waals surface area contributed by atoms with Gasteiger partial charge in [0, 0.05) is 13.1 Å². The van der Waals surface area contributed by atoms with Crippen molar-refractivity contribution in [3.05, 3.63) is 24.2 Å². The normalized spacial score (nSPS) is 22.1. The molecule has 1 atom stereocenters. The van der Waals surface area contributed by atoms with Crippen LogP contribution < -0.4 is 10.6 Å². The topological polar surface area (TPSA) is 77.7 Å². The second-order valence-corrected chi connectivity index (χ2v) is 6.77. The lowest BCUT2D eigenvalue weighted by Gasteiger charge is -2.36. The highest BCUT2D eigenvalue weighted by Crippen LogP contribution is 2.30. The number of nitrogens with one attached hydrogen (secondary N) is 2. The Kier molecular flexibility index (Phi) is 5.23. The van der Waals surface area contributed by atoms with Gasteiger partial charge < -0.3 is 20.2 Å². The number of rotatable bonds is 6. The number of likely N-dealkylation sites (tertiary alicyclic amines) is 1. The number of carbonyl (C=O) groups excluding carboxylic acids is 1. The maximum atomic E-state index is 12.0. The maximum absolute atomic E-state index is 12.0. The Morgan fingerprint density at radius 3 is 2.65 bits per heavy atom. The van der Waals surface area contributed by atoms with E-state index in [4.69, 9.17) is 4.42 Å². The van der Waals surface area contributed by atoms with Gasteiger partial charge in [-0.15, -0.1) is 0 Å². The van der Waals surface area contributed by atoms with Crippen LogP contribution in [0.3, 0.4) is 0 Å². The molecular formula is C17H27N3O3. The molecule has 0 bridgehead atoms. The van der Waals surface area contributed by atoms with E-state index in [-0.39, 0.29) is 12.1 Å². The monoisotopic (exact) mass is 321 g/mol. The molecule has 3 N–H and O–H groups in total. The summed E-state index contributed by atoms with van der Waals surface area (Å²) in [6, 6.07) is 3.70. The first-order chi connectivity index (χ1) is 11.2.